The van der Waals surface area contributed by atoms with E-state index in [-0.39, 0.29) is 0 Å². The molecule has 1 spiro atoms. The van der Waals surface area contributed by atoms with E-state index in [0.29, 0.717) is 5.41 Å². The summed E-state index contributed by atoms with van der Waals surface area (Å²) in [5, 5.41) is 5.61. The second-order valence-corrected chi connectivity index (χ2v) is 5.72. The first-order chi connectivity index (χ1) is 6.86. The average Bonchev–Trinajstić information content (AvgIpc) is 2.78. The molecule has 1 aromatic heterocycles. The molecule has 0 aromatic carbocycles. The van der Waals surface area contributed by atoms with Crippen LogP contribution < -0.4 is 5.32 Å². The minimum Gasteiger partial charge on any atom is -0.319 e. The molecule has 14 heavy (non-hydrogen) atoms. The van der Waals surface area contributed by atoms with Gasteiger partial charge in [0.05, 0.1) is 0 Å². The van der Waals surface area contributed by atoms with Crippen LogP contribution in [0, 0.1) is 0 Å². The molecule has 76 valence electrons. The fourth-order valence-electron chi connectivity index (χ4n) is 2.90. The normalized spacial score (nSPS) is 27.6. The van der Waals surface area contributed by atoms with Crippen molar-refractivity contribution in [2.75, 3.05) is 13.6 Å². The predicted molar refractivity (Wildman–Crippen MR) is 61.1 cm³/mol. The van der Waals surface area contributed by atoms with E-state index in [0.717, 1.165) is 12.5 Å². The minimum absolute atomic E-state index is 0.652. The van der Waals surface area contributed by atoms with E-state index >= 15 is 0 Å². The van der Waals surface area contributed by atoms with Crippen LogP contribution in [-0.4, -0.2) is 13.6 Å². The van der Waals surface area contributed by atoms with Gasteiger partial charge < -0.3 is 5.32 Å². The topological polar surface area (TPSA) is 12.0 Å². The molecule has 1 saturated carbocycles. The van der Waals surface area contributed by atoms with Gasteiger partial charge in [0.25, 0.3) is 0 Å². The van der Waals surface area contributed by atoms with Crippen molar-refractivity contribution in [2.24, 2.45) is 0 Å². The van der Waals surface area contributed by atoms with Crippen LogP contribution >= 0.6 is 11.3 Å². The number of hydrogen-bond acceptors (Lipinski definition) is 2. The fraction of sp³-hybridized carbons (Fsp3) is 0.667. The van der Waals surface area contributed by atoms with E-state index in [9.17, 15) is 0 Å². The molecule has 0 aliphatic heterocycles. The highest BCUT2D eigenvalue weighted by atomic mass is 32.1. The number of likely N-dealkylation sites (N-methyl/N-ethyl adjacent to an activating group) is 1. The Morgan fingerprint density at radius 1 is 1.50 bits per heavy atom. The number of nitrogens with one attached hydrogen (secondary N) is 1. The molecule has 0 saturated heterocycles. The van der Waals surface area contributed by atoms with Gasteiger partial charge in [0.2, 0.25) is 0 Å². The minimum atomic E-state index is 0.652. The molecule has 1 nitrogen and oxygen atoms in total. The first-order valence-corrected chi connectivity index (χ1v) is 6.46. The molecule has 0 amide bonds. The van der Waals surface area contributed by atoms with Crippen molar-refractivity contribution >= 4 is 11.3 Å². The van der Waals surface area contributed by atoms with Gasteiger partial charge in [-0.3, -0.25) is 0 Å². The highest BCUT2D eigenvalue weighted by Gasteiger charge is 2.48. The van der Waals surface area contributed by atoms with Crippen LogP contribution in [0.4, 0.5) is 0 Å². The first kappa shape index (κ1) is 8.93. The summed E-state index contributed by atoms with van der Waals surface area (Å²) in [4.78, 5) is 1.68. The van der Waals surface area contributed by atoms with Crippen molar-refractivity contribution in [3.05, 3.63) is 21.9 Å². The van der Waals surface area contributed by atoms with Gasteiger partial charge in [-0.05, 0) is 55.2 Å². The molecule has 0 bridgehead atoms. The SMILES string of the molecule is CNC[C@@H]1CCC2(CC2)c2ccsc21. The summed E-state index contributed by atoms with van der Waals surface area (Å²) >= 11 is 1.98. The summed E-state index contributed by atoms with van der Waals surface area (Å²) in [6.07, 6.45) is 5.73. The Labute approximate surface area is 89.5 Å². The van der Waals surface area contributed by atoms with Crippen molar-refractivity contribution in [1.82, 2.24) is 5.32 Å². The molecular weight excluding hydrogens is 190 g/mol. The van der Waals surface area contributed by atoms with Gasteiger partial charge in [-0.25, -0.2) is 0 Å². The van der Waals surface area contributed by atoms with E-state index in [1.807, 2.05) is 11.3 Å². The Bertz CT molecular complexity index is 338. The molecule has 2 aliphatic rings. The number of hydrogen-bond donors (Lipinski definition) is 1. The van der Waals surface area contributed by atoms with Gasteiger partial charge in [0.15, 0.2) is 0 Å². The van der Waals surface area contributed by atoms with Gasteiger partial charge in [-0.2, -0.15) is 0 Å². The summed E-state index contributed by atoms with van der Waals surface area (Å²) in [5.41, 5.74) is 2.36. The molecule has 2 heteroatoms. The summed E-state index contributed by atoms with van der Waals surface area (Å²) in [5.74, 6) is 0.793. The summed E-state index contributed by atoms with van der Waals surface area (Å²) < 4.78 is 0. The van der Waals surface area contributed by atoms with Crippen LogP contribution in [0.25, 0.3) is 0 Å². The number of thiophene rings is 1. The van der Waals surface area contributed by atoms with Gasteiger partial charge >= 0.3 is 0 Å². The molecule has 1 atom stereocenters. The smallest absolute Gasteiger partial charge is 0.0126 e. The highest BCUT2D eigenvalue weighted by molar-refractivity contribution is 7.10. The molecule has 3 rings (SSSR count). The second kappa shape index (κ2) is 3.07. The Balaban J connectivity index is 1.96. The lowest BCUT2D eigenvalue weighted by atomic mass is 9.79. The van der Waals surface area contributed by atoms with Crippen LogP contribution in [0.5, 0.6) is 0 Å². The van der Waals surface area contributed by atoms with Crippen molar-refractivity contribution < 1.29 is 0 Å². The van der Waals surface area contributed by atoms with Gasteiger partial charge in [-0.1, -0.05) is 0 Å². The average molecular weight is 207 g/mol. The van der Waals surface area contributed by atoms with Crippen molar-refractivity contribution in [2.45, 2.75) is 37.0 Å². The molecule has 2 aliphatic carbocycles. The Hall–Kier alpha value is -0.340. The first-order valence-electron chi connectivity index (χ1n) is 5.58. The van der Waals surface area contributed by atoms with Crippen LogP contribution in [0.2, 0.25) is 0 Å². The molecule has 1 aromatic rings. The van der Waals surface area contributed by atoms with E-state index in [2.05, 4.69) is 23.8 Å². The molecular formula is C12H17NS. The molecule has 0 unspecified atom stereocenters. The lowest BCUT2D eigenvalue weighted by molar-refractivity contribution is 0.467. The number of fused-ring (bicyclic) bond motifs is 2. The van der Waals surface area contributed by atoms with Gasteiger partial charge in [-0.15, -0.1) is 11.3 Å². The van der Waals surface area contributed by atoms with E-state index in [1.54, 1.807) is 10.4 Å². The fourth-order valence-corrected chi connectivity index (χ4v) is 4.06. The predicted octanol–water partition coefficient (Wildman–Crippen LogP) is 2.88. The molecule has 0 radical (unpaired) electrons. The quantitative estimate of drug-likeness (QED) is 0.786. The Morgan fingerprint density at radius 3 is 3.07 bits per heavy atom. The summed E-state index contributed by atoms with van der Waals surface area (Å²) in [7, 11) is 2.06. The van der Waals surface area contributed by atoms with E-state index < -0.39 is 0 Å². The third kappa shape index (κ3) is 1.17. The Morgan fingerprint density at radius 2 is 2.36 bits per heavy atom. The monoisotopic (exact) mass is 207 g/mol. The third-order valence-corrected chi connectivity index (χ3v) is 4.99. The zero-order valence-corrected chi connectivity index (χ0v) is 9.49. The van der Waals surface area contributed by atoms with Crippen molar-refractivity contribution in [1.29, 1.82) is 0 Å². The standard InChI is InChI=1S/C12H17NS/c1-13-8-9-2-4-12(5-6-12)10-3-7-14-11(9)10/h3,7,9,13H,2,4-6,8H2,1H3/t9-/m0/s1. The van der Waals surface area contributed by atoms with Gasteiger partial charge in [0.1, 0.15) is 0 Å². The van der Waals surface area contributed by atoms with E-state index in [4.69, 9.17) is 0 Å². The molecule has 1 fully saturated rings. The van der Waals surface area contributed by atoms with Crippen molar-refractivity contribution in [3.8, 4) is 0 Å². The number of rotatable bonds is 2. The second-order valence-electron chi connectivity index (χ2n) is 4.77. The third-order valence-electron chi connectivity index (χ3n) is 3.91. The maximum absolute atomic E-state index is 3.32. The maximum Gasteiger partial charge on any atom is 0.0126 e. The van der Waals surface area contributed by atoms with Crippen LogP contribution in [-0.2, 0) is 5.41 Å². The van der Waals surface area contributed by atoms with Crippen LogP contribution in [0.1, 0.15) is 42.0 Å². The van der Waals surface area contributed by atoms with Crippen LogP contribution in [0.15, 0.2) is 11.4 Å². The molecule has 1 N–H and O–H groups in total. The lowest BCUT2D eigenvalue weighted by Gasteiger charge is -2.28. The summed E-state index contributed by atoms with van der Waals surface area (Å²) in [6.45, 7) is 1.16. The zero-order valence-electron chi connectivity index (χ0n) is 8.68. The van der Waals surface area contributed by atoms with Gasteiger partial charge in [0, 0.05) is 17.3 Å². The van der Waals surface area contributed by atoms with Crippen LogP contribution in [0.3, 0.4) is 0 Å². The van der Waals surface area contributed by atoms with E-state index in [1.165, 1.54) is 25.7 Å². The van der Waals surface area contributed by atoms with Crippen molar-refractivity contribution in [3.63, 3.8) is 0 Å². The maximum atomic E-state index is 3.32. The highest BCUT2D eigenvalue weighted by Crippen LogP contribution is 2.58. The largest absolute Gasteiger partial charge is 0.319 e. The zero-order chi connectivity index (χ0) is 9.60. The molecule has 1 heterocycles. The lowest BCUT2D eigenvalue weighted by Crippen LogP contribution is -2.24. The summed E-state index contributed by atoms with van der Waals surface area (Å²) in [6, 6.07) is 2.38. The Kier molecular flexibility index (Phi) is 1.96.